The molecule has 7 nitrogen and oxygen atoms in total. The Hall–Kier alpha value is -2.97. The molecule has 0 aliphatic carbocycles. The molecule has 8 heteroatoms. The van der Waals surface area contributed by atoms with Crippen molar-refractivity contribution in [2.24, 2.45) is 0 Å². The summed E-state index contributed by atoms with van der Waals surface area (Å²) in [5.74, 6) is 0.146. The first-order chi connectivity index (χ1) is 16.6. The smallest absolute Gasteiger partial charge is 0.251 e. The fourth-order valence-electron chi connectivity index (χ4n) is 4.58. The molecule has 2 amide bonds. The van der Waals surface area contributed by atoms with Crippen LogP contribution in [0, 0.1) is 0 Å². The summed E-state index contributed by atoms with van der Waals surface area (Å²) in [4.78, 5) is 35.8. The number of amides is 2. The van der Waals surface area contributed by atoms with Crippen molar-refractivity contribution < 1.29 is 9.59 Å². The van der Waals surface area contributed by atoms with Crippen molar-refractivity contribution in [3.8, 4) is 10.6 Å². The minimum Gasteiger partial charge on any atom is -0.369 e. The average molecular weight is 478 g/mol. The standard InChI is InChI=1S/C26H31N5O2S/c1-29-14-16-30(17-15-29)21-8-5-19(6-9-21)26-28-22-10-7-20(18-23(22)34-26)25(33)27-11-3-13-31-12-2-4-24(31)32/h5-10,18H,2-4,11-17H2,1H3,(H,27,33). The lowest BCUT2D eigenvalue weighted by Gasteiger charge is -2.34. The van der Waals surface area contributed by atoms with Gasteiger partial charge in [-0.1, -0.05) is 0 Å². The zero-order valence-electron chi connectivity index (χ0n) is 19.6. The molecule has 0 radical (unpaired) electrons. The number of piperazine rings is 1. The van der Waals surface area contributed by atoms with Crippen molar-refractivity contribution in [3.05, 3.63) is 48.0 Å². The van der Waals surface area contributed by atoms with Crippen LogP contribution < -0.4 is 10.2 Å². The summed E-state index contributed by atoms with van der Waals surface area (Å²) in [6, 6.07) is 14.3. The summed E-state index contributed by atoms with van der Waals surface area (Å²) >= 11 is 1.61. The molecular formula is C26H31N5O2S. The minimum atomic E-state index is -0.0823. The van der Waals surface area contributed by atoms with E-state index in [0.717, 1.165) is 66.4 Å². The highest BCUT2D eigenvalue weighted by Crippen LogP contribution is 2.32. The van der Waals surface area contributed by atoms with Crippen LogP contribution in [0.25, 0.3) is 20.8 Å². The molecule has 2 saturated heterocycles. The molecule has 2 aromatic carbocycles. The number of benzene rings is 2. The molecule has 0 bridgehead atoms. The van der Waals surface area contributed by atoms with Gasteiger partial charge in [0.2, 0.25) is 5.91 Å². The van der Waals surface area contributed by atoms with E-state index in [9.17, 15) is 9.59 Å². The van der Waals surface area contributed by atoms with Crippen LogP contribution in [0.3, 0.4) is 0 Å². The maximum Gasteiger partial charge on any atom is 0.251 e. The number of carbonyl (C=O) groups excluding carboxylic acids is 2. The van der Waals surface area contributed by atoms with Crippen LogP contribution in [-0.2, 0) is 4.79 Å². The topological polar surface area (TPSA) is 68.8 Å². The van der Waals surface area contributed by atoms with Gasteiger partial charge in [0, 0.05) is 69.0 Å². The third kappa shape index (κ3) is 5.08. The number of carbonyl (C=O) groups is 2. The number of rotatable bonds is 7. The highest BCUT2D eigenvalue weighted by molar-refractivity contribution is 7.21. The Kier molecular flexibility index (Phi) is 6.78. The normalized spacial score (nSPS) is 17.0. The third-order valence-electron chi connectivity index (χ3n) is 6.70. The van der Waals surface area contributed by atoms with Crippen LogP contribution >= 0.6 is 11.3 Å². The maximum absolute atomic E-state index is 12.6. The number of anilines is 1. The molecule has 0 atom stereocenters. The number of hydrogen-bond donors (Lipinski definition) is 1. The molecule has 0 saturated carbocycles. The van der Waals surface area contributed by atoms with E-state index >= 15 is 0 Å². The number of hydrogen-bond acceptors (Lipinski definition) is 6. The van der Waals surface area contributed by atoms with Gasteiger partial charge in [0.05, 0.1) is 10.2 Å². The monoisotopic (exact) mass is 477 g/mol. The molecule has 2 aliphatic heterocycles. The van der Waals surface area contributed by atoms with E-state index in [4.69, 9.17) is 4.98 Å². The van der Waals surface area contributed by atoms with E-state index < -0.39 is 0 Å². The van der Waals surface area contributed by atoms with Crippen molar-refractivity contribution in [2.75, 3.05) is 57.8 Å². The van der Waals surface area contributed by atoms with E-state index in [2.05, 4.69) is 46.4 Å². The van der Waals surface area contributed by atoms with Gasteiger partial charge in [-0.05, 0) is 62.4 Å². The number of likely N-dealkylation sites (N-methyl/N-ethyl adjacent to an activating group) is 1. The molecule has 5 rings (SSSR count). The van der Waals surface area contributed by atoms with Crippen LogP contribution in [0.15, 0.2) is 42.5 Å². The van der Waals surface area contributed by atoms with Gasteiger partial charge in [0.1, 0.15) is 5.01 Å². The Morgan fingerprint density at radius 2 is 1.85 bits per heavy atom. The average Bonchev–Trinajstić information content (AvgIpc) is 3.47. The zero-order valence-corrected chi connectivity index (χ0v) is 20.4. The molecule has 3 heterocycles. The van der Waals surface area contributed by atoms with Gasteiger partial charge in [-0.3, -0.25) is 9.59 Å². The van der Waals surface area contributed by atoms with E-state index in [1.165, 1.54) is 5.69 Å². The van der Waals surface area contributed by atoms with Crippen LogP contribution in [-0.4, -0.2) is 79.5 Å². The van der Waals surface area contributed by atoms with Crippen molar-refractivity contribution in [1.82, 2.24) is 20.1 Å². The van der Waals surface area contributed by atoms with Gasteiger partial charge < -0.3 is 20.0 Å². The lowest BCUT2D eigenvalue weighted by Crippen LogP contribution is -2.44. The Bertz CT molecular complexity index is 1170. The van der Waals surface area contributed by atoms with Gasteiger partial charge in [-0.25, -0.2) is 4.98 Å². The number of likely N-dealkylation sites (tertiary alicyclic amines) is 1. The van der Waals surface area contributed by atoms with Crippen molar-refractivity contribution in [1.29, 1.82) is 0 Å². The van der Waals surface area contributed by atoms with Crippen LogP contribution in [0.4, 0.5) is 5.69 Å². The second kappa shape index (κ2) is 10.1. The SMILES string of the molecule is CN1CCN(c2ccc(-c3nc4ccc(C(=O)NCCCN5CCCC5=O)cc4s3)cc2)CC1. The quantitative estimate of drug-likeness (QED) is 0.528. The zero-order chi connectivity index (χ0) is 23.5. The molecule has 2 fully saturated rings. The molecule has 1 aromatic heterocycles. The predicted molar refractivity (Wildman–Crippen MR) is 138 cm³/mol. The molecule has 178 valence electrons. The Labute approximate surface area is 204 Å². The Morgan fingerprint density at radius 3 is 2.59 bits per heavy atom. The highest BCUT2D eigenvalue weighted by atomic mass is 32.1. The second-order valence-corrected chi connectivity index (χ2v) is 10.2. The lowest BCUT2D eigenvalue weighted by molar-refractivity contribution is -0.127. The van der Waals surface area contributed by atoms with Crippen LogP contribution in [0.2, 0.25) is 0 Å². The van der Waals surface area contributed by atoms with Gasteiger partial charge in [0.25, 0.3) is 5.91 Å². The first kappa shape index (κ1) is 22.8. The highest BCUT2D eigenvalue weighted by Gasteiger charge is 2.19. The number of fused-ring (bicyclic) bond motifs is 1. The maximum atomic E-state index is 12.6. The summed E-state index contributed by atoms with van der Waals surface area (Å²) in [7, 11) is 2.17. The molecule has 3 aromatic rings. The fourth-order valence-corrected chi connectivity index (χ4v) is 5.59. The van der Waals surface area contributed by atoms with Crippen molar-refractivity contribution >= 4 is 39.1 Å². The second-order valence-electron chi connectivity index (χ2n) is 9.13. The van der Waals surface area contributed by atoms with Gasteiger partial charge in [0.15, 0.2) is 0 Å². The first-order valence-electron chi connectivity index (χ1n) is 12.1. The predicted octanol–water partition coefficient (Wildman–Crippen LogP) is 3.46. The third-order valence-corrected chi connectivity index (χ3v) is 7.76. The summed E-state index contributed by atoms with van der Waals surface area (Å²) in [5, 5.41) is 3.95. The van der Waals surface area contributed by atoms with E-state index in [0.29, 0.717) is 25.1 Å². The summed E-state index contributed by atoms with van der Waals surface area (Å²) in [6.45, 7) is 6.41. The number of nitrogens with zero attached hydrogens (tertiary/aromatic N) is 4. The van der Waals surface area contributed by atoms with E-state index in [1.807, 2.05) is 23.1 Å². The lowest BCUT2D eigenvalue weighted by atomic mass is 10.2. The van der Waals surface area contributed by atoms with Gasteiger partial charge in [-0.15, -0.1) is 11.3 Å². The fraction of sp³-hybridized carbons (Fsp3) is 0.423. The van der Waals surface area contributed by atoms with E-state index in [1.54, 1.807) is 11.3 Å². The molecule has 0 unspecified atom stereocenters. The largest absolute Gasteiger partial charge is 0.369 e. The summed E-state index contributed by atoms with van der Waals surface area (Å²) in [5.41, 5.74) is 3.91. The summed E-state index contributed by atoms with van der Waals surface area (Å²) < 4.78 is 1.01. The Morgan fingerprint density at radius 1 is 1.06 bits per heavy atom. The van der Waals surface area contributed by atoms with Crippen molar-refractivity contribution in [2.45, 2.75) is 19.3 Å². The van der Waals surface area contributed by atoms with Crippen molar-refractivity contribution in [3.63, 3.8) is 0 Å². The van der Waals surface area contributed by atoms with Crippen LogP contribution in [0.1, 0.15) is 29.6 Å². The molecule has 34 heavy (non-hydrogen) atoms. The molecule has 1 N–H and O–H groups in total. The number of nitrogens with one attached hydrogen (secondary N) is 1. The van der Waals surface area contributed by atoms with Crippen LogP contribution in [0.5, 0.6) is 0 Å². The summed E-state index contributed by atoms with van der Waals surface area (Å²) in [6.07, 6.45) is 2.38. The van der Waals surface area contributed by atoms with Gasteiger partial charge in [-0.2, -0.15) is 0 Å². The minimum absolute atomic E-state index is 0.0823. The first-order valence-corrected chi connectivity index (χ1v) is 12.9. The Balaban J connectivity index is 1.20. The molecule has 2 aliphatic rings. The number of thiazole rings is 1. The van der Waals surface area contributed by atoms with Gasteiger partial charge >= 0.3 is 0 Å². The van der Waals surface area contributed by atoms with E-state index in [-0.39, 0.29) is 11.8 Å². The molecular weight excluding hydrogens is 446 g/mol. The number of aromatic nitrogens is 1. The molecule has 0 spiro atoms.